The van der Waals surface area contributed by atoms with Crippen LogP contribution in [-0.2, 0) is 28.0 Å². The van der Waals surface area contributed by atoms with Crippen LogP contribution in [0.2, 0.25) is 0 Å². The highest BCUT2D eigenvalue weighted by molar-refractivity contribution is 6.39. The number of hydrogen-bond donors (Lipinski definition) is 1. The molecule has 1 aliphatic heterocycles. The fourth-order valence-electron chi connectivity index (χ4n) is 3.37. The van der Waals surface area contributed by atoms with Crippen LogP contribution in [0.4, 0.5) is 5.69 Å². The average Bonchev–Trinajstić information content (AvgIpc) is 3.24. The molecule has 0 spiro atoms. The molecule has 1 unspecified atom stereocenters. The van der Waals surface area contributed by atoms with Gasteiger partial charge in [-0.1, -0.05) is 18.2 Å². The number of nitrogens with zero attached hydrogens (tertiary/aromatic N) is 2. The third-order valence-corrected chi connectivity index (χ3v) is 4.60. The zero-order valence-electron chi connectivity index (χ0n) is 14.6. The van der Waals surface area contributed by atoms with Gasteiger partial charge in [0.15, 0.2) is 0 Å². The molecule has 2 heterocycles. The molecule has 1 aromatic carbocycles. The molecule has 1 fully saturated rings. The molecule has 1 N–H and O–H groups in total. The summed E-state index contributed by atoms with van der Waals surface area (Å²) >= 11 is 0. The summed E-state index contributed by atoms with van der Waals surface area (Å²) in [6, 6.07) is 11.2. The summed E-state index contributed by atoms with van der Waals surface area (Å²) in [5.74, 6) is -1.10. The van der Waals surface area contributed by atoms with Crippen molar-refractivity contribution in [3.8, 4) is 0 Å². The SMILES string of the molecule is COCc1ccccc1NC(=O)C(=O)N1CCCC1c1cccn1C. The van der Waals surface area contributed by atoms with Gasteiger partial charge in [-0.3, -0.25) is 9.59 Å². The fourth-order valence-corrected chi connectivity index (χ4v) is 3.37. The molecule has 1 atom stereocenters. The van der Waals surface area contributed by atoms with Crippen LogP contribution >= 0.6 is 0 Å². The Bertz CT molecular complexity index is 769. The quantitative estimate of drug-likeness (QED) is 0.869. The Labute approximate surface area is 147 Å². The molecule has 25 heavy (non-hydrogen) atoms. The maximum absolute atomic E-state index is 12.7. The van der Waals surface area contributed by atoms with Crippen molar-refractivity contribution in [3.05, 3.63) is 53.9 Å². The number of benzene rings is 1. The van der Waals surface area contributed by atoms with E-state index < -0.39 is 11.8 Å². The summed E-state index contributed by atoms with van der Waals surface area (Å²) in [4.78, 5) is 26.9. The van der Waals surface area contributed by atoms with Gasteiger partial charge in [-0.05, 0) is 31.0 Å². The molecule has 0 aliphatic carbocycles. The Morgan fingerprint density at radius 1 is 1.24 bits per heavy atom. The van der Waals surface area contributed by atoms with E-state index in [-0.39, 0.29) is 6.04 Å². The van der Waals surface area contributed by atoms with Gasteiger partial charge in [-0.15, -0.1) is 0 Å². The number of aromatic nitrogens is 1. The molecule has 2 amide bonds. The number of rotatable bonds is 4. The standard InChI is InChI=1S/C19H23N3O3/c1-21-11-5-9-16(21)17-10-6-12-22(17)19(24)18(23)20-15-8-4-3-7-14(15)13-25-2/h3-5,7-9,11,17H,6,10,12-13H2,1-2H3,(H,20,23). The zero-order chi connectivity index (χ0) is 17.8. The van der Waals surface area contributed by atoms with E-state index in [1.54, 1.807) is 18.1 Å². The number of nitrogens with one attached hydrogen (secondary N) is 1. The first-order valence-corrected chi connectivity index (χ1v) is 8.42. The summed E-state index contributed by atoms with van der Waals surface area (Å²) in [5.41, 5.74) is 2.50. The van der Waals surface area contributed by atoms with E-state index in [4.69, 9.17) is 4.74 Å². The molecule has 0 bridgehead atoms. The Kier molecular flexibility index (Phi) is 5.19. The van der Waals surface area contributed by atoms with Crippen LogP contribution in [-0.4, -0.2) is 34.9 Å². The van der Waals surface area contributed by atoms with Gasteiger partial charge < -0.3 is 19.5 Å². The third-order valence-electron chi connectivity index (χ3n) is 4.60. The number of carbonyl (C=O) groups is 2. The fraction of sp³-hybridized carbons (Fsp3) is 0.368. The predicted octanol–water partition coefficient (Wildman–Crippen LogP) is 2.47. The molecule has 0 radical (unpaired) electrons. The topological polar surface area (TPSA) is 63.6 Å². The summed E-state index contributed by atoms with van der Waals surface area (Å²) < 4.78 is 7.14. The second-order valence-corrected chi connectivity index (χ2v) is 6.24. The number of hydrogen-bond acceptors (Lipinski definition) is 3. The number of carbonyl (C=O) groups excluding carboxylic acids is 2. The number of ether oxygens (including phenoxy) is 1. The zero-order valence-corrected chi connectivity index (χ0v) is 14.6. The summed E-state index contributed by atoms with van der Waals surface area (Å²) in [5, 5.41) is 2.74. The van der Waals surface area contributed by atoms with Gasteiger partial charge in [0.1, 0.15) is 0 Å². The molecule has 0 saturated carbocycles. The Morgan fingerprint density at radius 2 is 2.04 bits per heavy atom. The van der Waals surface area contributed by atoms with Crippen molar-refractivity contribution in [1.29, 1.82) is 0 Å². The molecular weight excluding hydrogens is 318 g/mol. The Hall–Kier alpha value is -2.60. The number of para-hydroxylation sites is 1. The minimum absolute atomic E-state index is 0.0486. The normalized spacial score (nSPS) is 16.9. The maximum Gasteiger partial charge on any atom is 0.313 e. The maximum atomic E-state index is 12.7. The van der Waals surface area contributed by atoms with E-state index in [0.717, 1.165) is 24.1 Å². The van der Waals surface area contributed by atoms with Crippen LogP contribution in [0.15, 0.2) is 42.6 Å². The van der Waals surface area contributed by atoms with Crippen molar-refractivity contribution < 1.29 is 14.3 Å². The van der Waals surface area contributed by atoms with Gasteiger partial charge in [-0.2, -0.15) is 0 Å². The third kappa shape index (κ3) is 3.58. The van der Waals surface area contributed by atoms with Crippen molar-refractivity contribution in [2.75, 3.05) is 19.0 Å². The number of likely N-dealkylation sites (tertiary alicyclic amines) is 1. The first kappa shape index (κ1) is 17.2. The number of aryl methyl sites for hydroxylation is 1. The van der Waals surface area contributed by atoms with E-state index in [1.807, 2.05) is 48.1 Å². The monoisotopic (exact) mass is 341 g/mol. The molecule has 1 saturated heterocycles. The Morgan fingerprint density at radius 3 is 2.76 bits per heavy atom. The summed E-state index contributed by atoms with van der Waals surface area (Å²) in [6.45, 7) is 0.974. The first-order valence-electron chi connectivity index (χ1n) is 8.42. The smallest absolute Gasteiger partial charge is 0.313 e. The molecule has 6 nitrogen and oxygen atoms in total. The molecule has 3 rings (SSSR count). The van der Waals surface area contributed by atoms with Crippen molar-refractivity contribution >= 4 is 17.5 Å². The lowest BCUT2D eigenvalue weighted by Crippen LogP contribution is -2.39. The molecule has 2 aromatic rings. The van der Waals surface area contributed by atoms with E-state index >= 15 is 0 Å². The van der Waals surface area contributed by atoms with Crippen molar-refractivity contribution in [3.63, 3.8) is 0 Å². The Balaban J connectivity index is 1.74. The van der Waals surface area contributed by atoms with Gasteiger partial charge in [0.25, 0.3) is 0 Å². The van der Waals surface area contributed by atoms with Gasteiger partial charge in [0, 0.05) is 43.8 Å². The van der Waals surface area contributed by atoms with E-state index in [2.05, 4.69) is 5.32 Å². The van der Waals surface area contributed by atoms with Gasteiger partial charge in [0.2, 0.25) is 0 Å². The minimum Gasteiger partial charge on any atom is -0.380 e. The van der Waals surface area contributed by atoms with E-state index in [0.29, 0.717) is 18.8 Å². The van der Waals surface area contributed by atoms with Gasteiger partial charge in [-0.25, -0.2) is 0 Å². The molecule has 132 valence electrons. The molecular formula is C19H23N3O3. The van der Waals surface area contributed by atoms with Crippen LogP contribution in [0.3, 0.4) is 0 Å². The average molecular weight is 341 g/mol. The first-order chi connectivity index (χ1) is 12.1. The highest BCUT2D eigenvalue weighted by Crippen LogP contribution is 2.32. The molecule has 1 aliphatic rings. The second-order valence-electron chi connectivity index (χ2n) is 6.24. The second kappa shape index (κ2) is 7.53. The highest BCUT2D eigenvalue weighted by Gasteiger charge is 2.34. The van der Waals surface area contributed by atoms with E-state index in [1.165, 1.54) is 0 Å². The van der Waals surface area contributed by atoms with Crippen LogP contribution in [0.25, 0.3) is 0 Å². The number of anilines is 1. The van der Waals surface area contributed by atoms with Crippen molar-refractivity contribution in [2.45, 2.75) is 25.5 Å². The number of methoxy groups -OCH3 is 1. The molecule has 1 aromatic heterocycles. The summed E-state index contributed by atoms with van der Waals surface area (Å²) in [6.07, 6.45) is 3.73. The van der Waals surface area contributed by atoms with Crippen LogP contribution in [0, 0.1) is 0 Å². The lowest BCUT2D eigenvalue weighted by atomic mass is 10.1. The highest BCUT2D eigenvalue weighted by atomic mass is 16.5. The van der Waals surface area contributed by atoms with Crippen molar-refractivity contribution in [1.82, 2.24) is 9.47 Å². The van der Waals surface area contributed by atoms with Crippen molar-refractivity contribution in [2.24, 2.45) is 7.05 Å². The van der Waals surface area contributed by atoms with Crippen LogP contribution in [0.1, 0.15) is 30.1 Å². The largest absolute Gasteiger partial charge is 0.380 e. The minimum atomic E-state index is -0.607. The van der Waals surface area contributed by atoms with Gasteiger partial charge in [0.05, 0.1) is 12.6 Å². The van der Waals surface area contributed by atoms with Crippen LogP contribution < -0.4 is 5.32 Å². The molecule has 6 heteroatoms. The summed E-state index contributed by atoms with van der Waals surface area (Å²) in [7, 11) is 3.55. The predicted molar refractivity (Wildman–Crippen MR) is 94.9 cm³/mol. The lowest BCUT2D eigenvalue weighted by Gasteiger charge is -2.25. The van der Waals surface area contributed by atoms with Crippen LogP contribution in [0.5, 0.6) is 0 Å². The van der Waals surface area contributed by atoms with E-state index in [9.17, 15) is 9.59 Å². The number of amides is 2. The van der Waals surface area contributed by atoms with Gasteiger partial charge >= 0.3 is 11.8 Å². The lowest BCUT2D eigenvalue weighted by molar-refractivity contribution is -0.143.